The van der Waals surface area contributed by atoms with Crippen molar-refractivity contribution in [1.29, 1.82) is 0 Å². The summed E-state index contributed by atoms with van der Waals surface area (Å²) in [6.07, 6.45) is 1.81. The van der Waals surface area contributed by atoms with Gasteiger partial charge in [0.25, 0.3) is 0 Å². The lowest BCUT2D eigenvalue weighted by Gasteiger charge is -2.37. The Kier molecular flexibility index (Phi) is 4.07. The predicted octanol–water partition coefficient (Wildman–Crippen LogP) is 1.36. The Hall–Kier alpha value is -2.37. The molecule has 6 heteroatoms. The summed E-state index contributed by atoms with van der Waals surface area (Å²) < 4.78 is 0. The van der Waals surface area contributed by atoms with Gasteiger partial charge in [-0.05, 0) is 31.4 Å². The van der Waals surface area contributed by atoms with Gasteiger partial charge < -0.3 is 14.9 Å². The Labute approximate surface area is 134 Å². The molecule has 1 saturated heterocycles. The van der Waals surface area contributed by atoms with Gasteiger partial charge in [-0.25, -0.2) is 0 Å². The van der Waals surface area contributed by atoms with Crippen molar-refractivity contribution in [3.05, 3.63) is 30.3 Å². The highest BCUT2D eigenvalue weighted by molar-refractivity contribution is 6.00. The largest absolute Gasteiger partial charge is 0.481 e. The van der Waals surface area contributed by atoms with Crippen LogP contribution in [0.1, 0.15) is 19.3 Å². The fourth-order valence-electron chi connectivity index (χ4n) is 3.24. The molecule has 6 nitrogen and oxygen atoms in total. The summed E-state index contributed by atoms with van der Waals surface area (Å²) in [4.78, 5) is 39.2. The first-order chi connectivity index (χ1) is 11.0. The van der Waals surface area contributed by atoms with Gasteiger partial charge in [0.05, 0.1) is 11.8 Å². The zero-order valence-electron chi connectivity index (χ0n) is 13.0. The standard InChI is InChI=1S/C17H20N2O4/c1-18(15(20)12-10-13(12)17(22)23)14-8-5-9-19(16(14)21)11-6-3-2-4-7-11/h2-4,6-7,12-14H,5,8-10H2,1H3,(H,22,23). The SMILES string of the molecule is CN(C(=O)C1CC1C(=O)O)C1CCCN(c2ccccc2)C1=O. The van der Waals surface area contributed by atoms with Gasteiger partial charge >= 0.3 is 5.97 Å². The second kappa shape index (κ2) is 6.02. The molecule has 122 valence electrons. The summed E-state index contributed by atoms with van der Waals surface area (Å²) in [7, 11) is 1.61. The lowest BCUT2D eigenvalue weighted by atomic mass is 10.0. The molecule has 3 rings (SSSR count). The number of hydrogen-bond acceptors (Lipinski definition) is 3. The number of aliphatic carboxylic acids is 1. The van der Waals surface area contributed by atoms with Crippen LogP contribution >= 0.6 is 0 Å². The first kappa shape index (κ1) is 15.5. The van der Waals surface area contributed by atoms with Gasteiger partial charge in [-0.2, -0.15) is 0 Å². The zero-order chi connectivity index (χ0) is 16.6. The van der Waals surface area contributed by atoms with E-state index in [9.17, 15) is 14.4 Å². The number of amides is 2. The molecule has 2 aliphatic rings. The maximum absolute atomic E-state index is 12.7. The molecule has 0 aromatic heterocycles. The number of rotatable bonds is 4. The molecule has 1 aliphatic carbocycles. The number of anilines is 1. The molecule has 0 spiro atoms. The van der Waals surface area contributed by atoms with Crippen molar-refractivity contribution in [3.8, 4) is 0 Å². The maximum atomic E-state index is 12.7. The van der Waals surface area contributed by atoms with Crippen LogP contribution in [0.5, 0.6) is 0 Å². The van der Waals surface area contributed by atoms with E-state index in [1.807, 2.05) is 30.3 Å². The third kappa shape index (κ3) is 2.93. The number of benzene rings is 1. The van der Waals surface area contributed by atoms with Crippen LogP contribution in [0.2, 0.25) is 0 Å². The van der Waals surface area contributed by atoms with E-state index in [0.29, 0.717) is 19.4 Å². The highest BCUT2D eigenvalue weighted by Crippen LogP contribution is 2.40. The van der Waals surface area contributed by atoms with Crippen molar-refractivity contribution in [3.63, 3.8) is 0 Å². The zero-order valence-corrected chi connectivity index (χ0v) is 13.0. The van der Waals surface area contributed by atoms with Gasteiger partial charge in [0, 0.05) is 19.3 Å². The van der Waals surface area contributed by atoms with E-state index < -0.39 is 23.8 Å². The number of carbonyl (C=O) groups is 3. The number of hydrogen-bond donors (Lipinski definition) is 1. The summed E-state index contributed by atoms with van der Waals surface area (Å²) in [5.74, 6) is -2.32. The van der Waals surface area contributed by atoms with Crippen LogP contribution in [0.4, 0.5) is 5.69 Å². The first-order valence-corrected chi connectivity index (χ1v) is 7.86. The molecule has 1 heterocycles. The van der Waals surface area contributed by atoms with Gasteiger partial charge in [0.1, 0.15) is 6.04 Å². The summed E-state index contributed by atoms with van der Waals surface area (Å²) in [6.45, 7) is 0.641. The van der Waals surface area contributed by atoms with Crippen LogP contribution in [0.25, 0.3) is 0 Å². The first-order valence-electron chi connectivity index (χ1n) is 7.86. The van der Waals surface area contributed by atoms with Crippen molar-refractivity contribution in [2.24, 2.45) is 11.8 Å². The minimum atomic E-state index is -0.933. The molecular weight excluding hydrogens is 296 g/mol. The van der Waals surface area contributed by atoms with Crippen molar-refractivity contribution in [2.75, 3.05) is 18.5 Å². The van der Waals surface area contributed by atoms with Crippen molar-refractivity contribution in [2.45, 2.75) is 25.3 Å². The molecular formula is C17H20N2O4. The predicted molar refractivity (Wildman–Crippen MR) is 83.8 cm³/mol. The fourth-order valence-corrected chi connectivity index (χ4v) is 3.24. The molecule has 23 heavy (non-hydrogen) atoms. The van der Waals surface area contributed by atoms with E-state index >= 15 is 0 Å². The second-order valence-corrected chi connectivity index (χ2v) is 6.22. The van der Waals surface area contributed by atoms with E-state index in [1.54, 1.807) is 11.9 Å². The smallest absolute Gasteiger partial charge is 0.307 e. The minimum Gasteiger partial charge on any atom is -0.481 e. The molecule has 1 aromatic carbocycles. The highest BCUT2D eigenvalue weighted by Gasteiger charge is 2.51. The van der Waals surface area contributed by atoms with Gasteiger partial charge in [-0.3, -0.25) is 14.4 Å². The van der Waals surface area contributed by atoms with Gasteiger partial charge in [0.15, 0.2) is 0 Å². The Morgan fingerprint density at radius 1 is 1.22 bits per heavy atom. The average Bonchev–Trinajstić information content (AvgIpc) is 3.35. The number of para-hydroxylation sites is 1. The van der Waals surface area contributed by atoms with Crippen LogP contribution in [0.3, 0.4) is 0 Å². The normalized spacial score (nSPS) is 26.7. The van der Waals surface area contributed by atoms with Crippen molar-refractivity contribution < 1.29 is 19.5 Å². The minimum absolute atomic E-state index is 0.0918. The molecule has 3 atom stereocenters. The third-order valence-electron chi connectivity index (χ3n) is 4.72. The second-order valence-electron chi connectivity index (χ2n) is 6.22. The molecule has 0 radical (unpaired) electrons. The average molecular weight is 316 g/mol. The molecule has 2 amide bonds. The van der Waals surface area contributed by atoms with Crippen LogP contribution < -0.4 is 4.90 Å². The van der Waals surface area contributed by atoms with Crippen molar-refractivity contribution in [1.82, 2.24) is 4.90 Å². The Balaban J connectivity index is 1.71. The van der Waals surface area contributed by atoms with E-state index in [0.717, 1.165) is 12.1 Å². The van der Waals surface area contributed by atoms with E-state index in [-0.39, 0.29) is 11.8 Å². The molecule has 1 saturated carbocycles. The highest BCUT2D eigenvalue weighted by atomic mass is 16.4. The summed E-state index contributed by atoms with van der Waals surface area (Å²) in [5, 5.41) is 8.96. The van der Waals surface area contributed by atoms with E-state index in [2.05, 4.69) is 0 Å². The lowest BCUT2D eigenvalue weighted by molar-refractivity contribution is -0.143. The number of piperidine rings is 1. The molecule has 0 bridgehead atoms. The molecule has 2 fully saturated rings. The summed E-state index contributed by atoms with van der Waals surface area (Å²) >= 11 is 0. The van der Waals surface area contributed by atoms with E-state index in [4.69, 9.17) is 5.11 Å². The van der Waals surface area contributed by atoms with Crippen molar-refractivity contribution >= 4 is 23.5 Å². The summed E-state index contributed by atoms with van der Waals surface area (Å²) in [6, 6.07) is 8.90. The van der Waals surface area contributed by atoms with E-state index in [1.165, 1.54) is 4.90 Å². The molecule has 1 N–H and O–H groups in total. The number of likely N-dealkylation sites (N-methyl/N-ethyl adjacent to an activating group) is 1. The van der Waals surface area contributed by atoms with Crippen LogP contribution in [-0.4, -0.2) is 47.4 Å². The number of carboxylic acid groups (broad SMARTS) is 1. The molecule has 1 aromatic rings. The number of nitrogens with zero attached hydrogens (tertiary/aromatic N) is 2. The Morgan fingerprint density at radius 3 is 2.52 bits per heavy atom. The van der Waals surface area contributed by atoms with Gasteiger partial charge in [-0.15, -0.1) is 0 Å². The van der Waals surface area contributed by atoms with Gasteiger partial charge in [0.2, 0.25) is 11.8 Å². The third-order valence-corrected chi connectivity index (χ3v) is 4.72. The molecule has 3 unspecified atom stereocenters. The Morgan fingerprint density at radius 2 is 1.91 bits per heavy atom. The fraction of sp³-hybridized carbons (Fsp3) is 0.471. The number of carboxylic acids is 1. The maximum Gasteiger partial charge on any atom is 0.307 e. The quantitative estimate of drug-likeness (QED) is 0.910. The monoisotopic (exact) mass is 316 g/mol. The molecule has 1 aliphatic heterocycles. The Bertz CT molecular complexity index is 631. The topological polar surface area (TPSA) is 77.9 Å². The summed E-state index contributed by atoms with van der Waals surface area (Å²) in [5.41, 5.74) is 0.831. The van der Waals surface area contributed by atoms with Gasteiger partial charge in [-0.1, -0.05) is 18.2 Å². The number of carbonyl (C=O) groups excluding carboxylic acids is 2. The van der Waals surface area contributed by atoms with Crippen LogP contribution in [0, 0.1) is 11.8 Å². The van der Waals surface area contributed by atoms with Crippen LogP contribution in [-0.2, 0) is 14.4 Å². The van der Waals surface area contributed by atoms with Crippen LogP contribution in [0.15, 0.2) is 30.3 Å². The lowest BCUT2D eigenvalue weighted by Crippen LogP contribution is -2.53.